The molecule has 4 N–H and O–H groups in total. The van der Waals surface area contributed by atoms with Crippen LogP contribution < -0.4 is 15.8 Å². The van der Waals surface area contributed by atoms with E-state index in [2.05, 4.69) is 20.0 Å². The number of amidine groups is 1. The predicted molar refractivity (Wildman–Crippen MR) is 137 cm³/mol. The number of hydrogen-bond donors (Lipinski definition) is 4. The van der Waals surface area contributed by atoms with Crippen LogP contribution in [-0.4, -0.2) is 42.5 Å². The first kappa shape index (κ1) is 24.7. The summed E-state index contributed by atoms with van der Waals surface area (Å²) in [7, 11) is -3.18. The van der Waals surface area contributed by atoms with Crippen molar-refractivity contribution >= 4 is 39.3 Å². The van der Waals surface area contributed by atoms with Crippen molar-refractivity contribution in [2.45, 2.75) is 55.6 Å². The van der Waals surface area contributed by atoms with Gasteiger partial charge in [0, 0.05) is 12.7 Å². The molecule has 1 saturated carbocycles. The fourth-order valence-corrected chi connectivity index (χ4v) is 9.39. The third-order valence-electron chi connectivity index (χ3n) is 7.92. The lowest BCUT2D eigenvalue weighted by Gasteiger charge is -2.57. The molecule has 0 aromatic carbocycles. The number of halogens is 2. The van der Waals surface area contributed by atoms with E-state index < -0.39 is 37.4 Å². The van der Waals surface area contributed by atoms with Crippen LogP contribution in [-0.2, 0) is 15.7 Å². The molecule has 0 bridgehead atoms. The summed E-state index contributed by atoms with van der Waals surface area (Å²) in [5.41, 5.74) is 5.14. The van der Waals surface area contributed by atoms with Gasteiger partial charge in [-0.15, -0.1) is 0 Å². The van der Waals surface area contributed by atoms with Crippen LogP contribution >= 0.6 is 11.6 Å². The van der Waals surface area contributed by atoms with Gasteiger partial charge in [-0.05, 0) is 73.8 Å². The number of rotatable bonds is 3. The zero-order valence-electron chi connectivity index (χ0n) is 20.1. The Hall–Kier alpha value is -2.94. The Morgan fingerprint density at radius 2 is 2.08 bits per heavy atom. The normalized spacial score (nSPS) is 27.8. The minimum atomic E-state index is -3.18. The summed E-state index contributed by atoms with van der Waals surface area (Å²) >= 11 is 6.11. The maximum absolute atomic E-state index is 15.4. The van der Waals surface area contributed by atoms with Crippen molar-refractivity contribution in [2.75, 3.05) is 11.9 Å². The van der Waals surface area contributed by atoms with Crippen LogP contribution in [0.1, 0.15) is 61.8 Å². The number of hydrogen-bond acceptors (Lipinski definition) is 7. The number of nitrogens with one attached hydrogen (secondary N) is 2. The molecular weight excluding hydrogens is 505 g/mol. The number of pyridine rings is 2. The van der Waals surface area contributed by atoms with Crippen molar-refractivity contribution in [3.05, 3.63) is 52.2 Å². The molecule has 190 valence electrons. The van der Waals surface area contributed by atoms with E-state index in [1.54, 1.807) is 6.92 Å². The van der Waals surface area contributed by atoms with E-state index in [9.17, 15) is 9.00 Å². The molecular formula is C24H27ClFN7O2S. The maximum atomic E-state index is 15.4. The van der Waals surface area contributed by atoms with E-state index >= 15 is 4.39 Å². The third-order valence-corrected chi connectivity index (χ3v) is 12.3. The van der Waals surface area contributed by atoms with Gasteiger partial charge in [0.05, 0.1) is 20.6 Å². The Kier molecular flexibility index (Phi) is 5.52. The number of aromatic nitrogens is 2. The van der Waals surface area contributed by atoms with Gasteiger partial charge in [-0.25, -0.2) is 14.4 Å². The number of anilines is 1. The second kappa shape index (κ2) is 8.03. The van der Waals surface area contributed by atoms with Gasteiger partial charge in [0.25, 0.3) is 5.91 Å². The zero-order chi connectivity index (χ0) is 26.1. The Labute approximate surface area is 214 Å². The Balaban J connectivity index is 1.55. The van der Waals surface area contributed by atoms with Gasteiger partial charge in [-0.3, -0.25) is 18.7 Å². The maximum Gasteiger partial charge on any atom is 0.276 e. The van der Waals surface area contributed by atoms with Crippen LogP contribution in [0.15, 0.2) is 29.4 Å². The highest BCUT2D eigenvalue weighted by molar-refractivity contribution is 8.04. The molecule has 3 aliphatic rings. The Bertz CT molecular complexity index is 1420. The van der Waals surface area contributed by atoms with Gasteiger partial charge in [-0.1, -0.05) is 11.6 Å². The van der Waals surface area contributed by atoms with Crippen LogP contribution in [0, 0.1) is 22.6 Å². The Morgan fingerprint density at radius 3 is 2.72 bits per heavy atom. The molecule has 2 aliphatic heterocycles. The van der Waals surface area contributed by atoms with Crippen LogP contribution in [0.3, 0.4) is 0 Å². The molecule has 1 saturated heterocycles. The van der Waals surface area contributed by atoms with Crippen LogP contribution in [0.2, 0.25) is 5.02 Å². The minimum Gasteiger partial charge on any atom is -0.386 e. The van der Waals surface area contributed by atoms with Gasteiger partial charge in [-0.2, -0.15) is 5.26 Å². The molecule has 0 radical (unpaired) electrons. The molecule has 2 atom stereocenters. The van der Waals surface area contributed by atoms with Gasteiger partial charge in [0.1, 0.15) is 40.5 Å². The van der Waals surface area contributed by atoms with Crippen molar-refractivity contribution < 1.29 is 13.4 Å². The average Bonchev–Trinajstić information content (AvgIpc) is 3.59. The summed E-state index contributed by atoms with van der Waals surface area (Å²) in [6.07, 6.45) is 3.87. The standard InChI is InChI=1S/C24H27ClFN7O2S/c1-22(2)21(28)33-23(3,16-9-24(6-7-24)12-30-36(16,22)35)19-15(26)4-5-17(31-19)32-20(34)18-14(25)8-13(10-27)11-29-18/h4-5,8,11,16,36H,6-7,9,12H2,1-3H3,(H2,28,33)(H,30,35)(H,31,32,34)/t16-,23+/m1/s1. The minimum absolute atomic E-state index is 0.00307. The van der Waals surface area contributed by atoms with Crippen molar-refractivity contribution in [2.24, 2.45) is 16.1 Å². The number of fused-ring (bicyclic) bond motifs is 1. The molecule has 1 amide bonds. The van der Waals surface area contributed by atoms with Crippen LogP contribution in [0.5, 0.6) is 0 Å². The molecule has 1 aliphatic carbocycles. The fraction of sp³-hybridized carbons (Fsp3) is 0.458. The summed E-state index contributed by atoms with van der Waals surface area (Å²) in [6.45, 7) is 5.97. The van der Waals surface area contributed by atoms with Crippen molar-refractivity contribution in [1.82, 2.24) is 14.7 Å². The molecule has 12 heteroatoms. The topological polar surface area (TPSA) is 146 Å². The second-order valence-electron chi connectivity index (χ2n) is 10.6. The molecule has 2 aromatic heterocycles. The number of carbonyl (C=O) groups is 1. The summed E-state index contributed by atoms with van der Waals surface area (Å²) < 4.78 is 32.3. The lowest BCUT2D eigenvalue weighted by Crippen LogP contribution is -2.71. The summed E-state index contributed by atoms with van der Waals surface area (Å²) in [5, 5.41) is 11.0. The molecule has 2 fully saturated rings. The van der Waals surface area contributed by atoms with Crippen molar-refractivity contribution in [1.29, 1.82) is 5.26 Å². The van der Waals surface area contributed by atoms with E-state index in [1.165, 1.54) is 24.4 Å². The van der Waals surface area contributed by atoms with E-state index in [0.717, 1.165) is 12.8 Å². The number of aliphatic imine (C=N–C) groups is 1. The highest BCUT2D eigenvalue weighted by Gasteiger charge is 2.63. The third kappa shape index (κ3) is 3.62. The number of nitrogens with zero attached hydrogens (tertiary/aromatic N) is 4. The van der Waals surface area contributed by atoms with Gasteiger partial charge in [0.15, 0.2) is 0 Å². The Morgan fingerprint density at radius 1 is 1.36 bits per heavy atom. The second-order valence-corrected chi connectivity index (χ2v) is 14.3. The van der Waals surface area contributed by atoms with Crippen LogP contribution in [0.25, 0.3) is 0 Å². The quantitative estimate of drug-likeness (QED) is 0.448. The lowest BCUT2D eigenvalue weighted by molar-refractivity contribution is 0.102. The van der Waals surface area contributed by atoms with Crippen molar-refractivity contribution in [3.63, 3.8) is 0 Å². The lowest BCUT2D eigenvalue weighted by atomic mass is 9.84. The molecule has 36 heavy (non-hydrogen) atoms. The summed E-state index contributed by atoms with van der Waals surface area (Å²) in [6, 6.07) is 5.74. The number of amides is 1. The van der Waals surface area contributed by atoms with Gasteiger partial charge in [0.2, 0.25) is 0 Å². The molecule has 5 rings (SSSR count). The zero-order valence-corrected chi connectivity index (χ0v) is 21.8. The highest BCUT2D eigenvalue weighted by atomic mass is 35.5. The highest BCUT2D eigenvalue weighted by Crippen LogP contribution is 2.59. The van der Waals surface area contributed by atoms with Gasteiger partial charge >= 0.3 is 0 Å². The smallest absolute Gasteiger partial charge is 0.276 e. The summed E-state index contributed by atoms with van der Waals surface area (Å²) in [5.74, 6) is -1.08. The number of thiol groups is 1. The first-order chi connectivity index (χ1) is 16.8. The van der Waals surface area contributed by atoms with E-state index in [0.29, 0.717) is 13.0 Å². The first-order valence-corrected chi connectivity index (χ1v) is 13.8. The molecule has 0 unspecified atom stereocenters. The summed E-state index contributed by atoms with van der Waals surface area (Å²) in [4.78, 5) is 25.9. The van der Waals surface area contributed by atoms with E-state index in [4.69, 9.17) is 27.6 Å². The fourth-order valence-electron chi connectivity index (χ4n) is 5.25. The molecule has 1 spiro atoms. The number of nitrogens with two attached hydrogens (primary N) is 1. The molecule has 2 aromatic rings. The SMILES string of the molecule is CC1(C)C(N)=N[C@](C)(c2nc(NC(=O)c3ncc(C#N)cc3Cl)ccc2F)[C@H]2CC3(CC3)CN[SH]21=O. The molecule has 4 heterocycles. The molecule has 9 nitrogen and oxygen atoms in total. The largest absolute Gasteiger partial charge is 0.386 e. The van der Waals surface area contributed by atoms with Crippen LogP contribution in [0.4, 0.5) is 10.2 Å². The van der Waals surface area contributed by atoms with Gasteiger partial charge < -0.3 is 11.1 Å². The predicted octanol–water partition coefficient (Wildman–Crippen LogP) is 2.83. The average molecular weight is 532 g/mol. The number of carbonyl (C=O) groups excluding carboxylic acids is 1. The first-order valence-electron chi connectivity index (χ1n) is 11.6. The van der Waals surface area contributed by atoms with E-state index in [1.807, 2.05) is 19.9 Å². The number of nitriles is 1. The monoisotopic (exact) mass is 531 g/mol. The van der Waals surface area contributed by atoms with Crippen molar-refractivity contribution in [3.8, 4) is 6.07 Å². The van der Waals surface area contributed by atoms with E-state index in [-0.39, 0.29) is 39.0 Å².